The minimum absolute atomic E-state index is 0.245. The summed E-state index contributed by atoms with van der Waals surface area (Å²) in [5.41, 5.74) is 0. The summed E-state index contributed by atoms with van der Waals surface area (Å²) in [7, 11) is 0. The number of carbonyl (C=O) groups is 1. The maximum atomic E-state index is 11.5. The topological polar surface area (TPSA) is 26.3 Å². The highest BCUT2D eigenvalue weighted by Crippen LogP contribution is 2.54. The van der Waals surface area contributed by atoms with Gasteiger partial charge in [0.1, 0.15) is 0 Å². The van der Waals surface area contributed by atoms with Crippen molar-refractivity contribution in [3.8, 4) is 0 Å². The fourth-order valence-electron chi connectivity index (χ4n) is 6.55. The first-order chi connectivity index (χ1) is 12.2. The summed E-state index contributed by atoms with van der Waals surface area (Å²) in [4.78, 5) is 11.5. The molecule has 0 aliphatic heterocycles. The highest BCUT2D eigenvalue weighted by Gasteiger charge is 2.47. The largest absolute Gasteiger partial charge is 0.462 e. The molecule has 0 aromatic rings. The lowest BCUT2D eigenvalue weighted by Gasteiger charge is -2.43. The Labute approximate surface area is 154 Å². The molecule has 2 nitrogen and oxygen atoms in total. The maximum Gasteiger partial charge on any atom is 0.330 e. The van der Waals surface area contributed by atoms with Gasteiger partial charge in [-0.1, -0.05) is 58.4 Å². The highest BCUT2D eigenvalue weighted by atomic mass is 16.5. The molecule has 0 N–H and O–H groups in total. The summed E-state index contributed by atoms with van der Waals surface area (Å²) in [5, 5.41) is 0. The van der Waals surface area contributed by atoms with E-state index in [2.05, 4.69) is 13.5 Å². The van der Waals surface area contributed by atoms with Gasteiger partial charge in [-0.05, 0) is 67.6 Å². The van der Waals surface area contributed by atoms with E-state index in [0.29, 0.717) is 12.5 Å². The van der Waals surface area contributed by atoms with Gasteiger partial charge in [0.05, 0.1) is 6.61 Å². The summed E-state index contributed by atoms with van der Waals surface area (Å²) in [5.74, 6) is 4.87. The second kappa shape index (κ2) is 9.24. The standard InChI is InChI=1S/C23H38O2/c1-3-8-18-11-12-19(15-17-9-6-5-7-10-17)21-14-13-20(23(18)21)16-25-22(24)4-2/h4,17-21,23H,2-3,5-16H2,1H3. The molecule has 25 heavy (non-hydrogen) atoms. The number of esters is 1. The molecular formula is C23H38O2. The Kier molecular flexibility index (Phi) is 7.01. The van der Waals surface area contributed by atoms with Crippen LogP contribution in [0.5, 0.6) is 0 Å². The fraction of sp³-hybridized carbons (Fsp3) is 0.870. The number of fused-ring (bicyclic) bond motifs is 1. The van der Waals surface area contributed by atoms with E-state index >= 15 is 0 Å². The van der Waals surface area contributed by atoms with E-state index in [0.717, 1.165) is 29.6 Å². The fourth-order valence-corrected chi connectivity index (χ4v) is 6.55. The average Bonchev–Trinajstić information content (AvgIpc) is 3.07. The first kappa shape index (κ1) is 19.0. The van der Waals surface area contributed by atoms with Crippen molar-refractivity contribution in [2.45, 2.75) is 84.0 Å². The van der Waals surface area contributed by atoms with Crippen molar-refractivity contribution in [3.05, 3.63) is 12.7 Å². The van der Waals surface area contributed by atoms with Gasteiger partial charge < -0.3 is 4.74 Å². The van der Waals surface area contributed by atoms with Crippen molar-refractivity contribution in [2.75, 3.05) is 6.61 Å². The SMILES string of the molecule is C=CC(=O)OCC1CCC2C(CC3CCCCC3)CCC(CCC)C12. The van der Waals surface area contributed by atoms with E-state index in [1.54, 1.807) is 0 Å². The van der Waals surface area contributed by atoms with E-state index in [-0.39, 0.29) is 5.97 Å². The second-order valence-electron chi connectivity index (χ2n) is 9.04. The summed E-state index contributed by atoms with van der Waals surface area (Å²) in [6.07, 6.45) is 18.3. The molecule has 3 saturated carbocycles. The molecule has 2 heteroatoms. The molecule has 0 saturated heterocycles. The predicted octanol–water partition coefficient (Wildman–Crippen LogP) is 6.15. The van der Waals surface area contributed by atoms with Crippen molar-refractivity contribution >= 4 is 5.97 Å². The molecule has 3 fully saturated rings. The van der Waals surface area contributed by atoms with Crippen LogP contribution in [0.2, 0.25) is 0 Å². The minimum atomic E-state index is -0.245. The highest BCUT2D eigenvalue weighted by molar-refractivity contribution is 5.81. The van der Waals surface area contributed by atoms with Crippen LogP contribution in [0, 0.1) is 35.5 Å². The van der Waals surface area contributed by atoms with Gasteiger partial charge in [-0.25, -0.2) is 4.79 Å². The quantitative estimate of drug-likeness (QED) is 0.408. The third kappa shape index (κ3) is 4.68. The van der Waals surface area contributed by atoms with Crippen molar-refractivity contribution in [1.82, 2.24) is 0 Å². The molecule has 5 atom stereocenters. The van der Waals surface area contributed by atoms with E-state index in [1.165, 1.54) is 83.1 Å². The molecule has 5 unspecified atom stereocenters. The van der Waals surface area contributed by atoms with Gasteiger partial charge in [-0.15, -0.1) is 0 Å². The lowest BCUT2D eigenvalue weighted by Crippen LogP contribution is -2.36. The summed E-state index contributed by atoms with van der Waals surface area (Å²) < 4.78 is 5.48. The van der Waals surface area contributed by atoms with Crippen LogP contribution in [0.1, 0.15) is 84.0 Å². The van der Waals surface area contributed by atoms with Crippen molar-refractivity contribution in [1.29, 1.82) is 0 Å². The van der Waals surface area contributed by atoms with Crippen LogP contribution in [0.3, 0.4) is 0 Å². The number of ether oxygens (including phenoxy) is 1. The molecule has 0 heterocycles. The summed E-state index contributed by atoms with van der Waals surface area (Å²) in [6, 6.07) is 0. The van der Waals surface area contributed by atoms with E-state index in [9.17, 15) is 4.79 Å². The number of rotatable bonds is 7. The third-order valence-corrected chi connectivity index (χ3v) is 7.59. The summed E-state index contributed by atoms with van der Waals surface area (Å²) >= 11 is 0. The zero-order chi connectivity index (χ0) is 17.6. The van der Waals surface area contributed by atoms with Crippen molar-refractivity contribution in [3.63, 3.8) is 0 Å². The van der Waals surface area contributed by atoms with Crippen LogP contribution in [-0.4, -0.2) is 12.6 Å². The average molecular weight is 347 g/mol. The van der Waals surface area contributed by atoms with Gasteiger partial charge >= 0.3 is 5.97 Å². The molecule has 0 aromatic heterocycles. The molecule has 0 aromatic carbocycles. The molecule has 142 valence electrons. The number of carbonyl (C=O) groups excluding carboxylic acids is 1. The maximum absolute atomic E-state index is 11.5. The van der Waals surface area contributed by atoms with Gasteiger partial charge in [0.15, 0.2) is 0 Å². The summed E-state index contributed by atoms with van der Waals surface area (Å²) in [6.45, 7) is 6.49. The minimum Gasteiger partial charge on any atom is -0.462 e. The Morgan fingerprint density at radius 1 is 1.00 bits per heavy atom. The Morgan fingerprint density at radius 3 is 2.44 bits per heavy atom. The van der Waals surface area contributed by atoms with Gasteiger partial charge in [0.2, 0.25) is 0 Å². The molecule has 0 radical (unpaired) electrons. The van der Waals surface area contributed by atoms with E-state index < -0.39 is 0 Å². The van der Waals surface area contributed by atoms with Crippen LogP contribution < -0.4 is 0 Å². The van der Waals surface area contributed by atoms with Crippen LogP contribution in [-0.2, 0) is 9.53 Å². The van der Waals surface area contributed by atoms with Crippen molar-refractivity contribution < 1.29 is 9.53 Å². The Morgan fingerprint density at radius 2 is 1.72 bits per heavy atom. The van der Waals surface area contributed by atoms with Gasteiger partial charge in [0, 0.05) is 6.08 Å². The van der Waals surface area contributed by atoms with Crippen LogP contribution >= 0.6 is 0 Å². The van der Waals surface area contributed by atoms with Crippen LogP contribution in [0.25, 0.3) is 0 Å². The molecule has 0 spiro atoms. The Bertz CT molecular complexity index is 437. The molecule has 0 bridgehead atoms. The first-order valence-corrected chi connectivity index (χ1v) is 11.0. The van der Waals surface area contributed by atoms with Gasteiger partial charge in [0.25, 0.3) is 0 Å². The molecule has 3 rings (SSSR count). The molecular weight excluding hydrogens is 308 g/mol. The first-order valence-electron chi connectivity index (χ1n) is 11.0. The normalized spacial score (nSPS) is 36.0. The number of hydrogen-bond donors (Lipinski definition) is 0. The molecule has 3 aliphatic carbocycles. The third-order valence-electron chi connectivity index (χ3n) is 7.59. The second-order valence-corrected chi connectivity index (χ2v) is 9.04. The molecule has 3 aliphatic rings. The Hall–Kier alpha value is -0.790. The van der Waals surface area contributed by atoms with Crippen LogP contribution in [0.15, 0.2) is 12.7 Å². The number of hydrogen-bond acceptors (Lipinski definition) is 2. The van der Waals surface area contributed by atoms with E-state index in [1.807, 2.05) is 0 Å². The van der Waals surface area contributed by atoms with Crippen LogP contribution in [0.4, 0.5) is 0 Å². The lowest BCUT2D eigenvalue weighted by atomic mass is 9.62. The van der Waals surface area contributed by atoms with E-state index in [4.69, 9.17) is 4.74 Å². The van der Waals surface area contributed by atoms with Gasteiger partial charge in [-0.3, -0.25) is 0 Å². The monoisotopic (exact) mass is 346 g/mol. The predicted molar refractivity (Wildman–Crippen MR) is 103 cm³/mol. The zero-order valence-corrected chi connectivity index (χ0v) is 16.3. The molecule has 0 amide bonds. The van der Waals surface area contributed by atoms with Gasteiger partial charge in [-0.2, -0.15) is 0 Å². The smallest absolute Gasteiger partial charge is 0.330 e. The Balaban J connectivity index is 1.63. The lowest BCUT2D eigenvalue weighted by molar-refractivity contribution is -0.140. The zero-order valence-electron chi connectivity index (χ0n) is 16.3. The van der Waals surface area contributed by atoms with Crippen molar-refractivity contribution in [2.24, 2.45) is 35.5 Å².